The van der Waals surface area contributed by atoms with E-state index in [1.54, 1.807) is 19.9 Å². The molecule has 0 saturated carbocycles. The van der Waals surface area contributed by atoms with Gasteiger partial charge >= 0.3 is 5.97 Å². The number of aliphatic hydroxyl groups excluding tert-OH is 1. The van der Waals surface area contributed by atoms with Crippen LogP contribution < -0.4 is 0 Å². The first kappa shape index (κ1) is 14.4. The van der Waals surface area contributed by atoms with Crippen molar-refractivity contribution in [1.82, 2.24) is 4.31 Å². The largest absolute Gasteiger partial charge is 0.480 e. The third-order valence-corrected chi connectivity index (χ3v) is 6.20. The van der Waals surface area contributed by atoms with Gasteiger partial charge in [0.2, 0.25) is 10.0 Å². The molecule has 0 radical (unpaired) electrons. The summed E-state index contributed by atoms with van der Waals surface area (Å²) in [6.07, 6.45) is -1.01. The van der Waals surface area contributed by atoms with Crippen molar-refractivity contribution in [2.75, 3.05) is 6.54 Å². The van der Waals surface area contributed by atoms with Gasteiger partial charge in [-0.2, -0.15) is 4.31 Å². The van der Waals surface area contributed by atoms with E-state index in [0.29, 0.717) is 4.88 Å². The topological polar surface area (TPSA) is 94.9 Å². The summed E-state index contributed by atoms with van der Waals surface area (Å²) in [6, 6.07) is 0.346. The molecular weight excluding hydrogens is 290 g/mol. The van der Waals surface area contributed by atoms with Gasteiger partial charge in [-0.25, -0.2) is 8.42 Å². The molecule has 6 nitrogen and oxygen atoms in total. The van der Waals surface area contributed by atoms with Crippen molar-refractivity contribution >= 4 is 27.3 Å². The van der Waals surface area contributed by atoms with Gasteiger partial charge in [-0.15, -0.1) is 11.3 Å². The minimum atomic E-state index is -3.87. The Bertz CT molecular complexity index is 607. The van der Waals surface area contributed by atoms with Crippen LogP contribution in [0.25, 0.3) is 0 Å². The number of aliphatic carboxylic acids is 1. The Morgan fingerprint density at radius 1 is 1.47 bits per heavy atom. The molecule has 0 spiro atoms. The zero-order valence-corrected chi connectivity index (χ0v) is 12.2. The van der Waals surface area contributed by atoms with Crippen LogP contribution in [-0.2, 0) is 14.8 Å². The zero-order chi connectivity index (χ0) is 14.4. The second-order valence-electron chi connectivity index (χ2n) is 4.60. The Labute approximate surface area is 115 Å². The molecule has 1 saturated heterocycles. The third kappa shape index (κ3) is 2.53. The Hall–Kier alpha value is -0.960. The van der Waals surface area contributed by atoms with Crippen LogP contribution in [0, 0.1) is 13.8 Å². The summed E-state index contributed by atoms with van der Waals surface area (Å²) >= 11 is 1.35. The van der Waals surface area contributed by atoms with E-state index in [1.165, 1.54) is 11.3 Å². The van der Waals surface area contributed by atoms with Gasteiger partial charge in [0, 0.05) is 22.7 Å². The fraction of sp³-hybridized carbons (Fsp3) is 0.545. The van der Waals surface area contributed by atoms with Crippen LogP contribution in [-0.4, -0.2) is 47.6 Å². The molecule has 1 aromatic rings. The van der Waals surface area contributed by atoms with Gasteiger partial charge in [-0.3, -0.25) is 4.79 Å². The fourth-order valence-electron chi connectivity index (χ4n) is 2.26. The Balaban J connectivity index is 2.44. The summed E-state index contributed by atoms with van der Waals surface area (Å²) in [4.78, 5) is 12.7. The highest BCUT2D eigenvalue weighted by Crippen LogP contribution is 2.32. The summed E-state index contributed by atoms with van der Waals surface area (Å²) in [5.74, 6) is -1.23. The summed E-state index contributed by atoms with van der Waals surface area (Å²) in [5, 5.41) is 18.6. The molecular formula is C11H15NO5S2. The Kier molecular flexibility index (Phi) is 3.69. The van der Waals surface area contributed by atoms with E-state index in [2.05, 4.69) is 0 Å². The number of sulfonamides is 1. The van der Waals surface area contributed by atoms with Crippen molar-refractivity contribution in [3.63, 3.8) is 0 Å². The van der Waals surface area contributed by atoms with Gasteiger partial charge in [0.25, 0.3) is 0 Å². The lowest BCUT2D eigenvalue weighted by molar-refractivity contribution is -0.140. The summed E-state index contributed by atoms with van der Waals surface area (Å²) in [7, 11) is -3.87. The van der Waals surface area contributed by atoms with Crippen LogP contribution in [0.3, 0.4) is 0 Å². The van der Waals surface area contributed by atoms with Crippen molar-refractivity contribution < 1.29 is 23.4 Å². The Morgan fingerprint density at radius 3 is 2.58 bits per heavy atom. The first-order chi connectivity index (χ1) is 8.73. The maximum Gasteiger partial charge on any atom is 0.322 e. The van der Waals surface area contributed by atoms with E-state index in [9.17, 15) is 18.3 Å². The van der Waals surface area contributed by atoms with Crippen molar-refractivity contribution in [2.45, 2.75) is 37.3 Å². The van der Waals surface area contributed by atoms with Crippen LogP contribution in [0.5, 0.6) is 0 Å². The molecule has 2 atom stereocenters. The maximum atomic E-state index is 12.5. The van der Waals surface area contributed by atoms with Gasteiger partial charge in [-0.05, 0) is 19.9 Å². The van der Waals surface area contributed by atoms with Crippen LogP contribution in [0.2, 0.25) is 0 Å². The number of hydrogen-bond donors (Lipinski definition) is 2. The molecule has 0 amide bonds. The third-order valence-electron chi connectivity index (χ3n) is 3.10. The van der Waals surface area contributed by atoms with Crippen LogP contribution >= 0.6 is 11.3 Å². The van der Waals surface area contributed by atoms with E-state index in [4.69, 9.17) is 5.11 Å². The molecule has 2 N–H and O–H groups in total. The molecule has 0 aliphatic carbocycles. The number of carboxylic acids is 1. The van der Waals surface area contributed by atoms with Crippen molar-refractivity contribution in [1.29, 1.82) is 0 Å². The lowest BCUT2D eigenvalue weighted by atomic mass is 10.2. The molecule has 1 aromatic heterocycles. The first-order valence-electron chi connectivity index (χ1n) is 5.73. The number of carbonyl (C=O) groups is 1. The van der Waals surface area contributed by atoms with Crippen molar-refractivity contribution in [3.8, 4) is 0 Å². The SMILES string of the molecule is Cc1cc(S(=O)(=O)N2C[C@@H](O)C[C@@H]2C(=O)O)c(C)s1. The molecule has 19 heavy (non-hydrogen) atoms. The average Bonchev–Trinajstić information content (AvgIpc) is 2.82. The number of aliphatic hydroxyl groups is 1. The van der Waals surface area contributed by atoms with E-state index in [1.807, 2.05) is 0 Å². The number of hydrogen-bond acceptors (Lipinski definition) is 5. The van der Waals surface area contributed by atoms with Gasteiger partial charge in [0.1, 0.15) is 6.04 Å². The van der Waals surface area contributed by atoms with E-state index < -0.39 is 28.1 Å². The normalized spacial score (nSPS) is 24.8. The number of nitrogens with zero attached hydrogens (tertiary/aromatic N) is 1. The van der Waals surface area contributed by atoms with Crippen LogP contribution in [0.15, 0.2) is 11.0 Å². The molecule has 1 fully saturated rings. The van der Waals surface area contributed by atoms with E-state index in [0.717, 1.165) is 9.18 Å². The molecule has 106 valence electrons. The summed E-state index contributed by atoms with van der Waals surface area (Å²) < 4.78 is 25.9. The number of β-amino-alcohol motifs (C(OH)–C–C–N with tert-alkyl or cyclic N) is 1. The molecule has 1 aliphatic rings. The van der Waals surface area contributed by atoms with E-state index in [-0.39, 0.29) is 17.9 Å². The highest BCUT2D eigenvalue weighted by atomic mass is 32.2. The Morgan fingerprint density at radius 2 is 2.11 bits per heavy atom. The standard InChI is InChI=1S/C11H15NO5S2/c1-6-3-10(7(2)18-6)19(16,17)12-5-8(13)4-9(12)11(14)15/h3,8-9,13H,4-5H2,1-2H3,(H,14,15)/t8-,9+/m0/s1. The number of rotatable bonds is 3. The summed E-state index contributed by atoms with van der Waals surface area (Å²) in [6.45, 7) is 3.31. The molecule has 0 unspecified atom stereocenters. The lowest BCUT2D eigenvalue weighted by Gasteiger charge is -2.20. The minimum Gasteiger partial charge on any atom is -0.480 e. The minimum absolute atomic E-state index is 0.0727. The maximum absolute atomic E-state index is 12.5. The number of thiophene rings is 1. The second kappa shape index (κ2) is 4.86. The molecule has 0 aromatic carbocycles. The van der Waals surface area contributed by atoms with Crippen molar-refractivity contribution in [2.24, 2.45) is 0 Å². The molecule has 2 heterocycles. The predicted octanol–water partition coefficient (Wildman–Crippen LogP) is 0.573. The highest BCUT2D eigenvalue weighted by Gasteiger charge is 2.44. The first-order valence-corrected chi connectivity index (χ1v) is 7.99. The second-order valence-corrected chi connectivity index (χ2v) is 7.92. The van der Waals surface area contributed by atoms with Crippen LogP contribution in [0.1, 0.15) is 16.2 Å². The quantitative estimate of drug-likeness (QED) is 0.851. The van der Waals surface area contributed by atoms with Gasteiger partial charge in [-0.1, -0.05) is 0 Å². The van der Waals surface area contributed by atoms with Crippen LogP contribution in [0.4, 0.5) is 0 Å². The predicted molar refractivity (Wildman–Crippen MR) is 69.7 cm³/mol. The fourth-order valence-corrected chi connectivity index (χ4v) is 5.42. The highest BCUT2D eigenvalue weighted by molar-refractivity contribution is 7.89. The van der Waals surface area contributed by atoms with Gasteiger partial charge in [0.05, 0.1) is 11.0 Å². The lowest BCUT2D eigenvalue weighted by Crippen LogP contribution is -2.40. The van der Waals surface area contributed by atoms with Gasteiger partial charge < -0.3 is 10.2 Å². The molecule has 0 bridgehead atoms. The molecule has 1 aliphatic heterocycles. The van der Waals surface area contributed by atoms with E-state index >= 15 is 0 Å². The number of carboxylic acid groups (broad SMARTS) is 1. The smallest absolute Gasteiger partial charge is 0.322 e. The summed E-state index contributed by atoms with van der Waals surface area (Å²) in [5.41, 5.74) is 0. The molecule has 2 rings (SSSR count). The van der Waals surface area contributed by atoms with Crippen molar-refractivity contribution in [3.05, 3.63) is 15.8 Å². The zero-order valence-electron chi connectivity index (χ0n) is 10.5. The van der Waals surface area contributed by atoms with Gasteiger partial charge in [0.15, 0.2) is 0 Å². The average molecular weight is 305 g/mol. The molecule has 8 heteroatoms. The monoisotopic (exact) mass is 305 g/mol. The number of aryl methyl sites for hydroxylation is 2.